The van der Waals surface area contributed by atoms with Crippen LogP contribution in [-0.2, 0) is 17.6 Å². The molecule has 132 valence electrons. The molecule has 7 heteroatoms. The van der Waals surface area contributed by atoms with Crippen LogP contribution in [0.4, 0.5) is 13.2 Å². The lowest BCUT2D eigenvalue weighted by Gasteiger charge is -2.10. The number of halogens is 3. The molecule has 2 aromatic carbocycles. The first-order chi connectivity index (χ1) is 11.8. The summed E-state index contributed by atoms with van der Waals surface area (Å²) in [6, 6.07) is 11.2. The van der Waals surface area contributed by atoms with Crippen molar-refractivity contribution < 1.29 is 27.5 Å². The van der Waals surface area contributed by atoms with Crippen LogP contribution in [0.1, 0.15) is 28.4 Å². The van der Waals surface area contributed by atoms with Crippen LogP contribution in [0.5, 0.6) is 5.75 Å². The molecule has 0 radical (unpaired) electrons. The molecule has 2 rings (SSSR count). The molecule has 0 unspecified atom stereocenters. The lowest BCUT2D eigenvalue weighted by molar-refractivity contribution is -0.137. The number of rotatable bonds is 6. The Morgan fingerprint density at radius 3 is 2.40 bits per heavy atom. The Bertz CT molecular complexity index is 768. The van der Waals surface area contributed by atoms with E-state index in [4.69, 9.17) is 4.74 Å². The first kappa shape index (κ1) is 18.5. The summed E-state index contributed by atoms with van der Waals surface area (Å²) in [5.74, 6) is 0.154. The Labute approximate surface area is 142 Å². The van der Waals surface area contributed by atoms with Gasteiger partial charge < -0.3 is 9.57 Å². The number of nitrogens with zero attached hydrogens (tertiary/aromatic N) is 1. The number of hydrogen-bond donors (Lipinski definition) is 0. The average Bonchev–Trinajstić information content (AvgIpc) is 2.59. The largest absolute Gasteiger partial charge is 0.489 e. The van der Waals surface area contributed by atoms with Crippen LogP contribution in [0.2, 0.25) is 0 Å². The maximum absolute atomic E-state index is 12.7. The predicted molar refractivity (Wildman–Crippen MR) is 86.7 cm³/mol. The fourth-order valence-corrected chi connectivity index (χ4v) is 2.09. The Morgan fingerprint density at radius 2 is 1.80 bits per heavy atom. The number of ether oxygens (including phenoxy) is 1. The minimum atomic E-state index is -4.39. The Balaban J connectivity index is 2.03. The van der Waals surface area contributed by atoms with Crippen molar-refractivity contribution >= 4 is 11.5 Å². The lowest BCUT2D eigenvalue weighted by atomic mass is 10.1. The van der Waals surface area contributed by atoms with Crippen LogP contribution >= 0.6 is 0 Å². The van der Waals surface area contributed by atoms with Gasteiger partial charge in [0, 0.05) is 5.56 Å². The van der Waals surface area contributed by atoms with Gasteiger partial charge in [-0.15, -0.1) is 0 Å². The van der Waals surface area contributed by atoms with E-state index in [0.29, 0.717) is 16.9 Å². The van der Waals surface area contributed by atoms with E-state index in [0.717, 1.165) is 12.1 Å². The molecule has 0 aliphatic rings. The minimum Gasteiger partial charge on any atom is -0.489 e. The monoisotopic (exact) mass is 351 g/mol. The highest BCUT2D eigenvalue weighted by atomic mass is 19.4. The van der Waals surface area contributed by atoms with Crippen molar-refractivity contribution in [2.24, 2.45) is 5.16 Å². The zero-order valence-electron chi connectivity index (χ0n) is 13.6. The highest BCUT2D eigenvalue weighted by molar-refractivity contribution is 6.45. The molecule has 4 nitrogen and oxygen atoms in total. The number of Topliss-reactive ketones (excluding diaryl/α,β-unsaturated/α-hetero) is 1. The Kier molecular flexibility index (Phi) is 5.80. The van der Waals surface area contributed by atoms with Crippen molar-refractivity contribution in [3.05, 3.63) is 65.2 Å². The highest BCUT2D eigenvalue weighted by Gasteiger charge is 2.30. The molecule has 0 saturated heterocycles. The molecule has 0 bridgehead atoms. The van der Waals surface area contributed by atoms with Crippen LogP contribution in [0.25, 0.3) is 0 Å². The van der Waals surface area contributed by atoms with Gasteiger partial charge in [0.05, 0.1) is 5.56 Å². The van der Waals surface area contributed by atoms with Crippen molar-refractivity contribution in [2.45, 2.75) is 19.7 Å². The smallest absolute Gasteiger partial charge is 0.416 e. The van der Waals surface area contributed by atoms with E-state index in [9.17, 15) is 18.0 Å². The number of carbonyl (C=O) groups is 1. The van der Waals surface area contributed by atoms with Crippen molar-refractivity contribution in [2.75, 3.05) is 7.11 Å². The third-order valence-electron chi connectivity index (χ3n) is 3.33. The average molecular weight is 351 g/mol. The summed E-state index contributed by atoms with van der Waals surface area (Å²) in [5, 5.41) is 3.57. The van der Waals surface area contributed by atoms with Gasteiger partial charge in [-0.25, -0.2) is 0 Å². The summed E-state index contributed by atoms with van der Waals surface area (Å²) in [6.07, 6.45) is -4.39. The van der Waals surface area contributed by atoms with Crippen molar-refractivity contribution in [3.63, 3.8) is 0 Å². The van der Waals surface area contributed by atoms with Gasteiger partial charge in [-0.05, 0) is 48.9 Å². The van der Waals surface area contributed by atoms with E-state index < -0.39 is 11.7 Å². The third kappa shape index (κ3) is 5.07. The molecule has 2 aromatic rings. The molecule has 0 N–H and O–H groups in total. The van der Waals surface area contributed by atoms with E-state index in [1.807, 2.05) is 0 Å². The highest BCUT2D eigenvalue weighted by Crippen LogP contribution is 2.29. The van der Waals surface area contributed by atoms with Crippen LogP contribution in [0.15, 0.2) is 53.7 Å². The van der Waals surface area contributed by atoms with E-state index in [1.54, 1.807) is 30.3 Å². The van der Waals surface area contributed by atoms with Crippen LogP contribution in [-0.4, -0.2) is 18.6 Å². The van der Waals surface area contributed by atoms with Gasteiger partial charge in [0.25, 0.3) is 0 Å². The molecule has 0 heterocycles. The number of oxime groups is 1. The van der Waals surface area contributed by atoms with Gasteiger partial charge in [0.1, 0.15) is 25.2 Å². The molecule has 0 aromatic heterocycles. The van der Waals surface area contributed by atoms with Gasteiger partial charge in [-0.1, -0.05) is 17.3 Å². The van der Waals surface area contributed by atoms with Crippen LogP contribution in [0, 0.1) is 0 Å². The number of hydrogen-bond acceptors (Lipinski definition) is 4. The predicted octanol–water partition coefficient (Wildman–Crippen LogP) is 4.49. The lowest BCUT2D eigenvalue weighted by Crippen LogP contribution is -2.10. The number of ketones is 1. The molecule has 0 amide bonds. The van der Waals surface area contributed by atoms with E-state index in [1.165, 1.54) is 20.1 Å². The number of alkyl halides is 3. The van der Waals surface area contributed by atoms with Gasteiger partial charge >= 0.3 is 6.18 Å². The third-order valence-corrected chi connectivity index (χ3v) is 3.33. The molecule has 0 saturated carbocycles. The Hall–Kier alpha value is -2.83. The quantitative estimate of drug-likeness (QED) is 0.438. The molecule has 0 aliphatic heterocycles. The maximum Gasteiger partial charge on any atom is 0.416 e. The van der Waals surface area contributed by atoms with Crippen LogP contribution < -0.4 is 4.74 Å². The summed E-state index contributed by atoms with van der Waals surface area (Å²) < 4.78 is 43.5. The van der Waals surface area contributed by atoms with E-state index in [2.05, 4.69) is 9.99 Å². The van der Waals surface area contributed by atoms with Gasteiger partial charge in [0.2, 0.25) is 5.78 Å². The van der Waals surface area contributed by atoms with Gasteiger partial charge in [-0.3, -0.25) is 4.79 Å². The van der Waals surface area contributed by atoms with E-state index in [-0.39, 0.29) is 18.1 Å². The van der Waals surface area contributed by atoms with Crippen molar-refractivity contribution in [1.29, 1.82) is 0 Å². The van der Waals surface area contributed by atoms with Gasteiger partial charge in [-0.2, -0.15) is 13.2 Å². The molecular weight excluding hydrogens is 335 g/mol. The summed E-state index contributed by atoms with van der Waals surface area (Å²) in [5.41, 5.74) is 0.297. The fraction of sp³-hybridized carbons (Fsp3) is 0.222. The normalized spacial score (nSPS) is 12.0. The Morgan fingerprint density at radius 1 is 1.12 bits per heavy atom. The van der Waals surface area contributed by atoms with Gasteiger partial charge in [0.15, 0.2) is 0 Å². The molecule has 0 fully saturated rings. The molecule has 0 aliphatic carbocycles. The number of carbonyl (C=O) groups excluding carboxylic acids is 1. The molecule has 25 heavy (non-hydrogen) atoms. The summed E-state index contributed by atoms with van der Waals surface area (Å²) in [7, 11) is 1.35. The molecule has 0 spiro atoms. The second-order valence-corrected chi connectivity index (χ2v) is 5.20. The SMILES string of the molecule is CO/N=C(\C)C(=O)c1ccc(OCc2cccc(C(F)(F)F)c2)cc1. The van der Waals surface area contributed by atoms with Crippen molar-refractivity contribution in [1.82, 2.24) is 0 Å². The number of benzene rings is 2. The standard InChI is InChI=1S/C18H16F3NO3/c1-12(22-24-2)17(23)14-6-8-16(9-7-14)25-11-13-4-3-5-15(10-13)18(19,20)21/h3-10H,11H2,1-2H3/b22-12+. The summed E-state index contributed by atoms with van der Waals surface area (Å²) in [6.45, 7) is 1.52. The second kappa shape index (κ2) is 7.83. The zero-order valence-corrected chi connectivity index (χ0v) is 13.6. The zero-order chi connectivity index (χ0) is 18.4. The van der Waals surface area contributed by atoms with Crippen LogP contribution in [0.3, 0.4) is 0 Å². The van der Waals surface area contributed by atoms with Crippen molar-refractivity contribution in [3.8, 4) is 5.75 Å². The topological polar surface area (TPSA) is 47.9 Å². The maximum atomic E-state index is 12.7. The second-order valence-electron chi connectivity index (χ2n) is 5.20. The first-order valence-electron chi connectivity index (χ1n) is 7.32. The summed E-state index contributed by atoms with van der Waals surface area (Å²) in [4.78, 5) is 16.6. The first-order valence-corrected chi connectivity index (χ1v) is 7.32. The molecule has 0 atom stereocenters. The summed E-state index contributed by atoms with van der Waals surface area (Å²) >= 11 is 0. The fourth-order valence-electron chi connectivity index (χ4n) is 2.09. The molecular formula is C18H16F3NO3. The minimum absolute atomic E-state index is 0.0125. The van der Waals surface area contributed by atoms with E-state index >= 15 is 0 Å².